The van der Waals surface area contributed by atoms with Crippen LogP contribution in [0, 0.1) is 0 Å². The summed E-state index contributed by atoms with van der Waals surface area (Å²) in [6.07, 6.45) is -4.54. The van der Waals surface area contributed by atoms with Crippen LogP contribution in [0.2, 0.25) is 0 Å². The molecular weight excluding hydrogens is 397 g/mol. The number of nitrogen functional groups attached to an aromatic ring is 2. The van der Waals surface area contributed by atoms with Crippen molar-refractivity contribution >= 4 is 22.3 Å². The minimum atomic E-state index is -4.54. The van der Waals surface area contributed by atoms with Crippen molar-refractivity contribution in [1.82, 2.24) is 0 Å². The summed E-state index contributed by atoms with van der Waals surface area (Å²) in [5, 5.41) is -0.134. The van der Waals surface area contributed by atoms with Gasteiger partial charge in [-0.1, -0.05) is 0 Å². The number of nitrogens with two attached hydrogens (primary N) is 2. The normalized spacial score (nSPS) is 11.6. The monoisotopic (exact) mass is 412 g/mol. The predicted octanol–water partition coefficient (Wildman–Crippen LogP) is 5.44. The Morgan fingerprint density at radius 1 is 0.867 bits per heavy atom. The predicted molar refractivity (Wildman–Crippen MR) is 108 cm³/mol. The van der Waals surface area contributed by atoms with Crippen LogP contribution in [0.5, 0.6) is 11.5 Å². The molecule has 0 aliphatic rings. The van der Waals surface area contributed by atoms with E-state index in [-0.39, 0.29) is 16.7 Å². The van der Waals surface area contributed by atoms with Crippen LogP contribution >= 0.6 is 0 Å². The molecule has 1 heterocycles. The molecule has 0 radical (unpaired) electrons. The zero-order chi connectivity index (χ0) is 21.5. The Bertz CT molecular complexity index is 1300. The smallest absolute Gasteiger partial charge is 0.416 e. The number of halogens is 3. The fourth-order valence-electron chi connectivity index (χ4n) is 2.93. The summed E-state index contributed by atoms with van der Waals surface area (Å²) in [7, 11) is 0. The molecule has 0 fully saturated rings. The zero-order valence-electron chi connectivity index (χ0n) is 15.4. The Morgan fingerprint density at radius 3 is 2.30 bits per heavy atom. The van der Waals surface area contributed by atoms with Crippen molar-refractivity contribution in [2.45, 2.75) is 6.18 Å². The summed E-state index contributed by atoms with van der Waals surface area (Å²) < 4.78 is 50.0. The molecule has 0 aliphatic heterocycles. The van der Waals surface area contributed by atoms with E-state index in [1.807, 2.05) is 0 Å². The van der Waals surface area contributed by atoms with E-state index in [4.69, 9.17) is 20.6 Å². The van der Waals surface area contributed by atoms with Gasteiger partial charge in [-0.05, 0) is 54.6 Å². The molecule has 5 nitrogen and oxygen atoms in total. The molecule has 4 N–H and O–H groups in total. The fraction of sp³-hybridized carbons (Fsp3) is 0.0455. The molecule has 152 valence electrons. The summed E-state index contributed by atoms with van der Waals surface area (Å²) >= 11 is 0. The van der Waals surface area contributed by atoms with Crippen molar-refractivity contribution in [1.29, 1.82) is 0 Å². The highest BCUT2D eigenvalue weighted by molar-refractivity contribution is 5.79. The number of anilines is 2. The lowest BCUT2D eigenvalue weighted by atomic mass is 10.1. The van der Waals surface area contributed by atoms with Gasteiger partial charge in [0.25, 0.3) is 0 Å². The Labute approximate surface area is 168 Å². The first-order chi connectivity index (χ1) is 14.2. The molecule has 8 heteroatoms. The summed E-state index contributed by atoms with van der Waals surface area (Å²) in [6, 6.07) is 15.5. The van der Waals surface area contributed by atoms with Gasteiger partial charge in [-0.3, -0.25) is 4.79 Å². The molecule has 0 unspecified atom stereocenters. The van der Waals surface area contributed by atoms with Crippen molar-refractivity contribution in [3.63, 3.8) is 0 Å². The molecule has 3 aromatic carbocycles. The van der Waals surface area contributed by atoms with Crippen LogP contribution in [-0.4, -0.2) is 0 Å². The third kappa shape index (κ3) is 3.80. The van der Waals surface area contributed by atoms with Crippen molar-refractivity contribution in [3.05, 3.63) is 82.5 Å². The quantitative estimate of drug-likeness (QED) is 0.438. The lowest BCUT2D eigenvalue weighted by molar-refractivity contribution is -0.137. The van der Waals surface area contributed by atoms with Crippen LogP contribution in [0.15, 0.2) is 75.9 Å². The Kier molecular flexibility index (Phi) is 4.62. The number of alkyl halides is 3. The van der Waals surface area contributed by atoms with E-state index in [0.717, 1.165) is 24.3 Å². The topological polar surface area (TPSA) is 91.5 Å². The van der Waals surface area contributed by atoms with Gasteiger partial charge in [-0.2, -0.15) is 13.2 Å². The number of ether oxygens (including phenoxy) is 1. The molecule has 0 aliphatic carbocycles. The summed E-state index contributed by atoms with van der Waals surface area (Å²) in [4.78, 5) is 12.4. The molecule has 1 aromatic heterocycles. The van der Waals surface area contributed by atoms with E-state index in [1.54, 1.807) is 42.5 Å². The summed E-state index contributed by atoms with van der Waals surface area (Å²) in [5.74, 6) is 1.11. The lowest BCUT2D eigenvalue weighted by Crippen LogP contribution is -2.07. The Balaban J connectivity index is 1.65. The Hall–Kier alpha value is -3.94. The SMILES string of the molecule is Nc1ccc(N)c(Oc2ccc(-c3cc(=O)c4cc(C(F)(F)F)ccc4o3)cc2)c1. The van der Waals surface area contributed by atoms with Crippen molar-refractivity contribution in [3.8, 4) is 22.8 Å². The molecule has 0 saturated carbocycles. The van der Waals surface area contributed by atoms with Crippen LogP contribution in [-0.2, 0) is 6.18 Å². The molecule has 0 saturated heterocycles. The van der Waals surface area contributed by atoms with E-state index in [9.17, 15) is 18.0 Å². The molecule has 0 amide bonds. The average Bonchev–Trinajstić information content (AvgIpc) is 2.70. The second-order valence-corrected chi connectivity index (χ2v) is 6.61. The maximum atomic E-state index is 12.9. The van der Waals surface area contributed by atoms with E-state index in [2.05, 4.69) is 0 Å². The molecule has 4 rings (SSSR count). The Morgan fingerprint density at radius 2 is 1.60 bits per heavy atom. The number of hydrogen-bond acceptors (Lipinski definition) is 5. The van der Waals surface area contributed by atoms with Crippen molar-refractivity contribution in [2.24, 2.45) is 0 Å². The van der Waals surface area contributed by atoms with Crippen LogP contribution in [0.3, 0.4) is 0 Å². The van der Waals surface area contributed by atoms with Gasteiger partial charge >= 0.3 is 6.18 Å². The highest BCUT2D eigenvalue weighted by atomic mass is 19.4. The minimum Gasteiger partial charge on any atom is -0.456 e. The van der Waals surface area contributed by atoms with Crippen molar-refractivity contribution < 1.29 is 22.3 Å². The van der Waals surface area contributed by atoms with Crippen LogP contribution in [0.4, 0.5) is 24.5 Å². The highest BCUT2D eigenvalue weighted by Gasteiger charge is 2.30. The minimum absolute atomic E-state index is 0.0679. The van der Waals surface area contributed by atoms with Gasteiger partial charge < -0.3 is 20.6 Å². The third-order valence-electron chi connectivity index (χ3n) is 4.46. The van der Waals surface area contributed by atoms with Gasteiger partial charge in [0, 0.05) is 23.4 Å². The van der Waals surface area contributed by atoms with Gasteiger partial charge in [0.1, 0.15) is 17.1 Å². The number of fused-ring (bicyclic) bond motifs is 1. The summed E-state index contributed by atoms with van der Waals surface area (Å²) in [5.41, 5.74) is 11.7. The second-order valence-electron chi connectivity index (χ2n) is 6.61. The number of hydrogen-bond donors (Lipinski definition) is 2. The van der Waals surface area contributed by atoms with Gasteiger partial charge in [-0.25, -0.2) is 0 Å². The first-order valence-electron chi connectivity index (χ1n) is 8.79. The largest absolute Gasteiger partial charge is 0.456 e. The van der Waals surface area contributed by atoms with E-state index in [0.29, 0.717) is 28.4 Å². The van der Waals surface area contributed by atoms with E-state index < -0.39 is 17.2 Å². The average molecular weight is 412 g/mol. The second kappa shape index (κ2) is 7.14. The third-order valence-corrected chi connectivity index (χ3v) is 4.46. The zero-order valence-corrected chi connectivity index (χ0v) is 15.4. The number of rotatable bonds is 3. The molecule has 0 bridgehead atoms. The standard InChI is InChI=1S/C22H15F3N2O3/c23-22(24,25)13-3-8-19-16(9-13)18(28)11-20(30-19)12-1-5-15(6-2-12)29-21-10-14(26)4-7-17(21)27/h1-11H,26-27H2. The van der Waals surface area contributed by atoms with Gasteiger partial charge in [0.05, 0.1) is 16.6 Å². The summed E-state index contributed by atoms with van der Waals surface area (Å²) in [6.45, 7) is 0. The van der Waals surface area contributed by atoms with Gasteiger partial charge in [0.2, 0.25) is 0 Å². The maximum Gasteiger partial charge on any atom is 0.416 e. The maximum absolute atomic E-state index is 12.9. The molecular formula is C22H15F3N2O3. The van der Waals surface area contributed by atoms with E-state index in [1.165, 1.54) is 0 Å². The van der Waals surface area contributed by atoms with Crippen molar-refractivity contribution in [2.75, 3.05) is 11.5 Å². The first kappa shape index (κ1) is 19.4. The van der Waals surface area contributed by atoms with Crippen LogP contribution < -0.4 is 21.6 Å². The lowest BCUT2D eigenvalue weighted by Gasteiger charge is -2.10. The first-order valence-corrected chi connectivity index (χ1v) is 8.79. The van der Waals surface area contributed by atoms with E-state index >= 15 is 0 Å². The molecule has 0 spiro atoms. The molecule has 0 atom stereocenters. The number of benzene rings is 3. The van der Waals surface area contributed by atoms with Crippen LogP contribution in [0.25, 0.3) is 22.3 Å². The molecule has 30 heavy (non-hydrogen) atoms. The highest BCUT2D eigenvalue weighted by Crippen LogP contribution is 2.33. The fourth-order valence-corrected chi connectivity index (χ4v) is 2.93. The van der Waals surface area contributed by atoms with Gasteiger partial charge in [0.15, 0.2) is 11.2 Å². The van der Waals surface area contributed by atoms with Crippen LogP contribution in [0.1, 0.15) is 5.56 Å². The van der Waals surface area contributed by atoms with Gasteiger partial charge in [-0.15, -0.1) is 0 Å². The molecule has 4 aromatic rings.